The summed E-state index contributed by atoms with van der Waals surface area (Å²) in [6.07, 6.45) is 1.49. The second-order valence-corrected chi connectivity index (χ2v) is 4.55. The van der Waals surface area contributed by atoms with Gasteiger partial charge in [-0.15, -0.1) is 0 Å². The van der Waals surface area contributed by atoms with Gasteiger partial charge >= 0.3 is 0 Å². The van der Waals surface area contributed by atoms with Crippen molar-refractivity contribution in [2.45, 2.75) is 19.8 Å². The van der Waals surface area contributed by atoms with Crippen LogP contribution in [-0.4, -0.2) is 5.91 Å². The van der Waals surface area contributed by atoms with Gasteiger partial charge in [0, 0.05) is 15.7 Å². The van der Waals surface area contributed by atoms with Gasteiger partial charge < -0.3 is 5.32 Å². The van der Waals surface area contributed by atoms with Crippen LogP contribution in [0.5, 0.6) is 0 Å². The molecule has 1 N–H and O–H groups in total. The lowest BCUT2D eigenvalue weighted by atomic mass is 10.00. The van der Waals surface area contributed by atoms with Crippen LogP contribution in [0, 0.1) is 10.5 Å². The summed E-state index contributed by atoms with van der Waals surface area (Å²) in [6, 6.07) is 4.23. The normalized spacial score (nSPS) is 15.1. The van der Waals surface area contributed by atoms with E-state index in [2.05, 4.69) is 40.0 Å². The van der Waals surface area contributed by atoms with Crippen molar-refractivity contribution in [2.75, 3.05) is 5.32 Å². The van der Waals surface area contributed by atoms with Crippen molar-refractivity contribution in [3.8, 4) is 0 Å². The van der Waals surface area contributed by atoms with Crippen molar-refractivity contribution in [3.05, 3.63) is 26.8 Å². The molecule has 1 aromatic carbocycles. The van der Waals surface area contributed by atoms with Crippen LogP contribution >= 0.6 is 22.6 Å². The van der Waals surface area contributed by atoms with Crippen LogP contribution in [-0.2, 0) is 11.2 Å². The fraction of sp³-hybridized carbons (Fsp3) is 0.300. The van der Waals surface area contributed by atoms with E-state index in [0.717, 1.165) is 17.7 Å². The van der Waals surface area contributed by atoms with E-state index in [1.54, 1.807) is 0 Å². The Morgan fingerprint density at radius 1 is 1.38 bits per heavy atom. The molecular weight excluding hydrogens is 277 g/mol. The number of anilines is 1. The van der Waals surface area contributed by atoms with Gasteiger partial charge in [0.15, 0.2) is 0 Å². The highest BCUT2D eigenvalue weighted by atomic mass is 127. The second-order valence-electron chi connectivity index (χ2n) is 3.30. The van der Waals surface area contributed by atoms with E-state index < -0.39 is 0 Å². The minimum absolute atomic E-state index is 0.136. The van der Waals surface area contributed by atoms with Crippen molar-refractivity contribution in [1.82, 2.24) is 0 Å². The standard InChI is InChI=1S/C10H10INO/c1-6-4-8(11)5-7-2-3-9(13)12-10(6)7/h4-5H,2-3H2,1H3,(H,12,13). The summed E-state index contributed by atoms with van der Waals surface area (Å²) in [5, 5.41) is 2.91. The average Bonchev–Trinajstić information content (AvgIpc) is 2.06. The molecule has 0 saturated heterocycles. The number of fused-ring (bicyclic) bond motifs is 1. The van der Waals surface area contributed by atoms with Crippen molar-refractivity contribution < 1.29 is 4.79 Å². The molecule has 1 aliphatic heterocycles. The van der Waals surface area contributed by atoms with Crippen LogP contribution in [0.4, 0.5) is 5.69 Å². The van der Waals surface area contributed by atoms with Crippen LogP contribution in [0.25, 0.3) is 0 Å². The fourth-order valence-electron chi connectivity index (χ4n) is 1.64. The molecule has 13 heavy (non-hydrogen) atoms. The molecule has 0 spiro atoms. The molecule has 0 fully saturated rings. The Morgan fingerprint density at radius 3 is 2.92 bits per heavy atom. The predicted octanol–water partition coefficient (Wildman–Crippen LogP) is 2.48. The molecule has 2 rings (SSSR count). The molecule has 0 aromatic heterocycles. The average molecular weight is 287 g/mol. The van der Waals surface area contributed by atoms with Gasteiger partial charge in [0.2, 0.25) is 5.91 Å². The number of hydrogen-bond acceptors (Lipinski definition) is 1. The molecule has 0 aliphatic carbocycles. The van der Waals surface area contributed by atoms with E-state index in [-0.39, 0.29) is 5.91 Å². The van der Waals surface area contributed by atoms with E-state index in [0.29, 0.717) is 6.42 Å². The summed E-state index contributed by atoms with van der Waals surface area (Å²) < 4.78 is 1.24. The van der Waals surface area contributed by atoms with Gasteiger partial charge in [-0.25, -0.2) is 0 Å². The van der Waals surface area contributed by atoms with E-state index in [9.17, 15) is 4.79 Å². The number of aryl methyl sites for hydroxylation is 2. The summed E-state index contributed by atoms with van der Waals surface area (Å²) in [5.74, 6) is 0.136. The van der Waals surface area contributed by atoms with Crippen LogP contribution in [0.1, 0.15) is 17.5 Å². The smallest absolute Gasteiger partial charge is 0.224 e. The zero-order valence-electron chi connectivity index (χ0n) is 7.36. The Labute approximate surface area is 90.9 Å². The van der Waals surface area contributed by atoms with Crippen molar-refractivity contribution in [1.29, 1.82) is 0 Å². The summed E-state index contributed by atoms with van der Waals surface area (Å²) in [6.45, 7) is 2.03. The number of nitrogens with one attached hydrogen (secondary N) is 1. The number of amides is 1. The summed E-state index contributed by atoms with van der Waals surface area (Å²) in [7, 11) is 0. The van der Waals surface area contributed by atoms with E-state index in [1.165, 1.54) is 9.13 Å². The quantitative estimate of drug-likeness (QED) is 0.730. The first kappa shape index (κ1) is 8.99. The first-order chi connectivity index (χ1) is 6.16. The SMILES string of the molecule is Cc1cc(I)cc2c1NC(=O)CC2. The Bertz CT molecular complexity index is 373. The van der Waals surface area contributed by atoms with Crippen LogP contribution in [0.3, 0.4) is 0 Å². The lowest BCUT2D eigenvalue weighted by molar-refractivity contribution is -0.116. The highest BCUT2D eigenvalue weighted by molar-refractivity contribution is 14.1. The molecule has 68 valence electrons. The van der Waals surface area contributed by atoms with Gasteiger partial charge in [-0.1, -0.05) is 0 Å². The van der Waals surface area contributed by atoms with Gasteiger partial charge in [0.05, 0.1) is 0 Å². The Kier molecular flexibility index (Phi) is 2.27. The zero-order valence-corrected chi connectivity index (χ0v) is 9.51. The molecule has 0 atom stereocenters. The predicted molar refractivity (Wildman–Crippen MR) is 60.8 cm³/mol. The maximum Gasteiger partial charge on any atom is 0.224 e. The van der Waals surface area contributed by atoms with E-state index in [1.807, 2.05) is 6.92 Å². The molecular formula is C10H10INO. The molecule has 0 bridgehead atoms. The summed E-state index contributed by atoms with van der Waals surface area (Å²) in [5.41, 5.74) is 3.45. The third kappa shape index (κ3) is 1.70. The number of benzene rings is 1. The molecule has 0 radical (unpaired) electrons. The largest absolute Gasteiger partial charge is 0.326 e. The first-order valence-electron chi connectivity index (χ1n) is 4.25. The number of carbonyl (C=O) groups is 1. The van der Waals surface area contributed by atoms with Crippen LogP contribution < -0.4 is 5.32 Å². The number of carbonyl (C=O) groups excluding carboxylic acids is 1. The highest BCUT2D eigenvalue weighted by Crippen LogP contribution is 2.28. The first-order valence-corrected chi connectivity index (χ1v) is 5.33. The second kappa shape index (κ2) is 3.29. The van der Waals surface area contributed by atoms with Gasteiger partial charge in [0.25, 0.3) is 0 Å². The molecule has 1 aromatic rings. The highest BCUT2D eigenvalue weighted by Gasteiger charge is 2.16. The summed E-state index contributed by atoms with van der Waals surface area (Å²) >= 11 is 2.30. The van der Waals surface area contributed by atoms with Crippen LogP contribution in [0.2, 0.25) is 0 Å². The minimum atomic E-state index is 0.136. The Hall–Kier alpha value is -0.580. The molecule has 0 unspecified atom stereocenters. The van der Waals surface area contributed by atoms with Crippen molar-refractivity contribution in [3.63, 3.8) is 0 Å². The maximum atomic E-state index is 11.1. The third-order valence-electron chi connectivity index (χ3n) is 2.27. The molecule has 1 aliphatic rings. The Balaban J connectivity index is 2.53. The van der Waals surface area contributed by atoms with Crippen molar-refractivity contribution in [2.24, 2.45) is 0 Å². The van der Waals surface area contributed by atoms with Gasteiger partial charge in [-0.05, 0) is 59.2 Å². The molecule has 2 nitrogen and oxygen atoms in total. The minimum Gasteiger partial charge on any atom is -0.326 e. The molecule has 0 saturated carbocycles. The zero-order chi connectivity index (χ0) is 9.42. The van der Waals surface area contributed by atoms with Crippen LogP contribution in [0.15, 0.2) is 12.1 Å². The molecule has 1 heterocycles. The maximum absolute atomic E-state index is 11.1. The lowest BCUT2D eigenvalue weighted by Crippen LogP contribution is -2.19. The van der Waals surface area contributed by atoms with E-state index >= 15 is 0 Å². The van der Waals surface area contributed by atoms with Gasteiger partial charge in [-0.2, -0.15) is 0 Å². The van der Waals surface area contributed by atoms with E-state index in [4.69, 9.17) is 0 Å². The van der Waals surface area contributed by atoms with Gasteiger partial charge in [-0.3, -0.25) is 4.79 Å². The lowest BCUT2D eigenvalue weighted by Gasteiger charge is -2.19. The molecule has 1 amide bonds. The monoisotopic (exact) mass is 287 g/mol. The van der Waals surface area contributed by atoms with Crippen molar-refractivity contribution >= 4 is 34.2 Å². The fourth-order valence-corrected chi connectivity index (χ4v) is 2.48. The topological polar surface area (TPSA) is 29.1 Å². The molecule has 3 heteroatoms. The third-order valence-corrected chi connectivity index (χ3v) is 2.89. The van der Waals surface area contributed by atoms with Gasteiger partial charge in [0.1, 0.15) is 0 Å². The number of rotatable bonds is 0. The summed E-state index contributed by atoms with van der Waals surface area (Å²) in [4.78, 5) is 11.1. The number of hydrogen-bond donors (Lipinski definition) is 1. The number of halogens is 1. The Morgan fingerprint density at radius 2 is 2.15 bits per heavy atom.